The van der Waals surface area contributed by atoms with Crippen molar-refractivity contribution in [2.45, 2.75) is 25.8 Å². The minimum atomic E-state index is -0.220. The molecule has 1 fully saturated rings. The van der Waals surface area contributed by atoms with Crippen LogP contribution in [0.1, 0.15) is 19.8 Å². The summed E-state index contributed by atoms with van der Waals surface area (Å²) in [7, 11) is 0. The molecule has 5 nitrogen and oxygen atoms in total. The molecule has 6 heteroatoms. The smallest absolute Gasteiger partial charge is 0.241 e. The van der Waals surface area contributed by atoms with Gasteiger partial charge in [-0.1, -0.05) is 11.6 Å². The van der Waals surface area contributed by atoms with Gasteiger partial charge in [-0.25, -0.2) is 0 Å². The van der Waals surface area contributed by atoms with E-state index < -0.39 is 0 Å². The molecule has 1 heterocycles. The number of nitrogens with zero attached hydrogens (tertiary/aromatic N) is 1. The van der Waals surface area contributed by atoms with Crippen molar-refractivity contribution in [3.05, 3.63) is 23.2 Å². The topological polar surface area (TPSA) is 78.6 Å². The predicted octanol–water partition coefficient (Wildman–Crippen LogP) is 1.95. The van der Waals surface area contributed by atoms with E-state index in [-0.39, 0.29) is 18.6 Å². The van der Waals surface area contributed by atoms with E-state index in [1.165, 1.54) is 0 Å². The lowest BCUT2D eigenvalue weighted by Gasteiger charge is -2.23. The van der Waals surface area contributed by atoms with Crippen molar-refractivity contribution in [2.24, 2.45) is 5.92 Å². The maximum absolute atomic E-state index is 12.3. The number of hydrogen-bond donors (Lipinski definition) is 3. The molecule has 1 saturated heterocycles. The van der Waals surface area contributed by atoms with Crippen LogP contribution >= 0.6 is 11.6 Å². The highest BCUT2D eigenvalue weighted by Crippen LogP contribution is 2.25. The summed E-state index contributed by atoms with van der Waals surface area (Å²) in [5.41, 5.74) is 6.78. The van der Waals surface area contributed by atoms with E-state index in [0.717, 1.165) is 25.9 Å². The Balaban J connectivity index is 1.94. The Bertz CT molecular complexity index is 510. The molecule has 1 amide bonds. The van der Waals surface area contributed by atoms with Gasteiger partial charge >= 0.3 is 0 Å². The Labute approximate surface area is 130 Å². The number of nitrogen functional groups attached to an aromatic ring is 1. The minimum Gasteiger partial charge on any atom is -0.399 e. The summed E-state index contributed by atoms with van der Waals surface area (Å²) < 4.78 is 0. The second kappa shape index (κ2) is 7.11. The molecule has 0 bridgehead atoms. The van der Waals surface area contributed by atoms with Crippen LogP contribution in [0.25, 0.3) is 0 Å². The SMILES string of the molecule is CC(C(=O)Nc1ccc(N)cc1Cl)N1CCC(CCO)C1. The van der Waals surface area contributed by atoms with Crippen LogP contribution in [0.5, 0.6) is 0 Å². The van der Waals surface area contributed by atoms with Crippen molar-refractivity contribution in [3.63, 3.8) is 0 Å². The van der Waals surface area contributed by atoms with Gasteiger partial charge in [0.2, 0.25) is 5.91 Å². The van der Waals surface area contributed by atoms with Crippen molar-refractivity contribution in [3.8, 4) is 0 Å². The first-order valence-corrected chi connectivity index (χ1v) is 7.60. The molecule has 1 aliphatic heterocycles. The Morgan fingerprint density at radius 1 is 1.62 bits per heavy atom. The van der Waals surface area contributed by atoms with E-state index in [9.17, 15) is 4.79 Å². The number of anilines is 2. The number of likely N-dealkylation sites (tertiary alicyclic amines) is 1. The van der Waals surface area contributed by atoms with Gasteiger partial charge in [-0.2, -0.15) is 0 Å². The third kappa shape index (κ3) is 4.09. The Morgan fingerprint density at radius 3 is 3.05 bits per heavy atom. The number of aliphatic hydroxyl groups excluding tert-OH is 1. The molecule has 2 unspecified atom stereocenters. The third-order valence-electron chi connectivity index (χ3n) is 4.03. The standard InChI is InChI=1S/C15H22ClN3O2/c1-10(19-6-4-11(9-19)5-7-20)15(21)18-14-3-2-12(17)8-13(14)16/h2-3,8,10-11,20H,4-7,9,17H2,1H3,(H,18,21). The molecule has 116 valence electrons. The molecule has 1 aliphatic rings. The zero-order valence-corrected chi connectivity index (χ0v) is 12.9. The van der Waals surface area contributed by atoms with Crippen molar-refractivity contribution >= 4 is 28.9 Å². The Morgan fingerprint density at radius 2 is 2.38 bits per heavy atom. The average Bonchev–Trinajstić information content (AvgIpc) is 2.90. The molecule has 2 atom stereocenters. The number of nitrogens with one attached hydrogen (secondary N) is 1. The number of nitrogens with two attached hydrogens (primary N) is 1. The molecular formula is C15H22ClN3O2. The summed E-state index contributed by atoms with van der Waals surface area (Å²) in [4.78, 5) is 14.4. The first-order chi connectivity index (χ1) is 10.0. The maximum atomic E-state index is 12.3. The quantitative estimate of drug-likeness (QED) is 0.726. The average molecular weight is 312 g/mol. The van der Waals surface area contributed by atoms with Gasteiger partial charge in [-0.05, 0) is 50.4 Å². The van der Waals surface area contributed by atoms with Crippen LogP contribution in [-0.2, 0) is 4.79 Å². The summed E-state index contributed by atoms with van der Waals surface area (Å²) in [6.45, 7) is 3.83. The Hall–Kier alpha value is -1.30. The zero-order chi connectivity index (χ0) is 15.4. The highest BCUT2D eigenvalue weighted by molar-refractivity contribution is 6.34. The van der Waals surface area contributed by atoms with E-state index >= 15 is 0 Å². The fourth-order valence-corrected chi connectivity index (χ4v) is 2.90. The van der Waals surface area contributed by atoms with Crippen LogP contribution in [-0.4, -0.2) is 41.7 Å². The summed E-state index contributed by atoms with van der Waals surface area (Å²) in [6.07, 6.45) is 1.83. The summed E-state index contributed by atoms with van der Waals surface area (Å²) in [5.74, 6) is 0.400. The fraction of sp³-hybridized carbons (Fsp3) is 0.533. The molecule has 0 saturated carbocycles. The van der Waals surface area contributed by atoms with E-state index in [1.54, 1.807) is 18.2 Å². The molecule has 0 radical (unpaired) electrons. The molecular weight excluding hydrogens is 290 g/mol. The lowest BCUT2D eigenvalue weighted by Crippen LogP contribution is -2.40. The number of amides is 1. The van der Waals surface area contributed by atoms with Crippen molar-refractivity contribution in [1.29, 1.82) is 0 Å². The number of benzene rings is 1. The van der Waals surface area contributed by atoms with Crippen LogP contribution in [0.15, 0.2) is 18.2 Å². The van der Waals surface area contributed by atoms with E-state index in [2.05, 4.69) is 10.2 Å². The summed E-state index contributed by atoms with van der Waals surface area (Å²) in [5, 5.41) is 12.3. The van der Waals surface area contributed by atoms with Gasteiger partial charge in [-0.15, -0.1) is 0 Å². The van der Waals surface area contributed by atoms with E-state index in [4.69, 9.17) is 22.4 Å². The fourth-order valence-electron chi connectivity index (χ4n) is 2.67. The lowest BCUT2D eigenvalue weighted by atomic mass is 10.1. The molecule has 4 N–H and O–H groups in total. The van der Waals surface area contributed by atoms with Gasteiger partial charge < -0.3 is 16.2 Å². The number of halogens is 1. The molecule has 21 heavy (non-hydrogen) atoms. The predicted molar refractivity (Wildman–Crippen MR) is 85.3 cm³/mol. The highest BCUT2D eigenvalue weighted by atomic mass is 35.5. The van der Waals surface area contributed by atoms with Gasteiger partial charge in [-0.3, -0.25) is 9.69 Å². The van der Waals surface area contributed by atoms with E-state index in [1.807, 2.05) is 6.92 Å². The van der Waals surface area contributed by atoms with Crippen molar-refractivity contribution in [1.82, 2.24) is 4.90 Å². The van der Waals surface area contributed by atoms with Crippen LogP contribution < -0.4 is 11.1 Å². The minimum absolute atomic E-state index is 0.0775. The van der Waals surface area contributed by atoms with Gasteiger partial charge in [0, 0.05) is 18.8 Å². The van der Waals surface area contributed by atoms with Crippen LogP contribution in [0, 0.1) is 5.92 Å². The molecule has 1 aromatic rings. The number of carbonyl (C=O) groups is 1. The normalized spacial score (nSPS) is 20.4. The molecule has 0 aliphatic carbocycles. The van der Waals surface area contributed by atoms with Gasteiger partial charge in [0.1, 0.15) is 0 Å². The number of hydrogen-bond acceptors (Lipinski definition) is 4. The van der Waals surface area contributed by atoms with Crippen molar-refractivity contribution in [2.75, 3.05) is 30.7 Å². The van der Waals surface area contributed by atoms with Gasteiger partial charge in [0.25, 0.3) is 0 Å². The first-order valence-electron chi connectivity index (χ1n) is 7.22. The lowest BCUT2D eigenvalue weighted by molar-refractivity contribution is -0.120. The maximum Gasteiger partial charge on any atom is 0.241 e. The second-order valence-corrected chi connectivity index (χ2v) is 5.97. The van der Waals surface area contributed by atoms with Crippen LogP contribution in [0.2, 0.25) is 5.02 Å². The monoisotopic (exact) mass is 311 g/mol. The van der Waals surface area contributed by atoms with E-state index in [0.29, 0.717) is 22.3 Å². The van der Waals surface area contributed by atoms with Crippen molar-refractivity contribution < 1.29 is 9.90 Å². The van der Waals surface area contributed by atoms with Gasteiger partial charge in [0.05, 0.1) is 16.8 Å². The molecule has 0 spiro atoms. The third-order valence-corrected chi connectivity index (χ3v) is 4.35. The molecule has 0 aromatic heterocycles. The van der Waals surface area contributed by atoms with Crippen LogP contribution in [0.3, 0.4) is 0 Å². The second-order valence-electron chi connectivity index (χ2n) is 5.57. The first kappa shape index (κ1) is 16.1. The number of carbonyl (C=O) groups excluding carboxylic acids is 1. The number of aliphatic hydroxyl groups is 1. The molecule has 1 aromatic carbocycles. The number of rotatable bonds is 5. The Kier molecular flexibility index (Phi) is 5.45. The largest absolute Gasteiger partial charge is 0.399 e. The summed E-state index contributed by atoms with van der Waals surface area (Å²) >= 11 is 6.07. The summed E-state index contributed by atoms with van der Waals surface area (Å²) in [6, 6.07) is 4.82. The zero-order valence-electron chi connectivity index (χ0n) is 12.2. The highest BCUT2D eigenvalue weighted by Gasteiger charge is 2.29. The molecule has 2 rings (SSSR count). The van der Waals surface area contributed by atoms with Crippen LogP contribution in [0.4, 0.5) is 11.4 Å². The van der Waals surface area contributed by atoms with Gasteiger partial charge in [0.15, 0.2) is 0 Å².